The minimum Gasteiger partial charge on any atom is -0.497 e. The van der Waals surface area contributed by atoms with E-state index in [0.717, 1.165) is 35.8 Å². The summed E-state index contributed by atoms with van der Waals surface area (Å²) in [6.45, 7) is 3.16. The summed E-state index contributed by atoms with van der Waals surface area (Å²) < 4.78 is 10.7. The molecule has 0 unspecified atom stereocenters. The molecule has 150 valence electrons. The van der Waals surface area contributed by atoms with Crippen molar-refractivity contribution in [3.05, 3.63) is 52.5 Å². The van der Waals surface area contributed by atoms with Crippen LogP contribution >= 0.6 is 23.8 Å². The lowest BCUT2D eigenvalue weighted by Gasteiger charge is -2.24. The van der Waals surface area contributed by atoms with Gasteiger partial charge in [-0.05, 0) is 72.3 Å². The van der Waals surface area contributed by atoms with E-state index < -0.39 is 0 Å². The number of hydrogen-bond donors (Lipinski definition) is 1. The van der Waals surface area contributed by atoms with Gasteiger partial charge in [0.2, 0.25) is 0 Å². The lowest BCUT2D eigenvalue weighted by molar-refractivity contribution is 0.395. The molecule has 0 amide bonds. The quantitative estimate of drug-likeness (QED) is 0.611. The number of thiocarbonyl (C=S) groups is 1. The fourth-order valence-corrected chi connectivity index (χ4v) is 4.25. The maximum atomic E-state index is 6.23. The molecule has 1 aliphatic rings. The first-order valence-electron chi connectivity index (χ1n) is 9.46. The summed E-state index contributed by atoms with van der Waals surface area (Å²) in [5.74, 6) is 2.54. The zero-order chi connectivity index (χ0) is 20.3. The summed E-state index contributed by atoms with van der Waals surface area (Å²) in [5, 5.41) is 4.76. The summed E-state index contributed by atoms with van der Waals surface area (Å²) >= 11 is 11.8. The highest BCUT2D eigenvalue weighted by atomic mass is 35.5. The van der Waals surface area contributed by atoms with Gasteiger partial charge in [0.05, 0.1) is 19.9 Å². The van der Waals surface area contributed by atoms with Crippen LogP contribution < -0.4 is 14.8 Å². The molecule has 0 fully saturated rings. The van der Waals surface area contributed by atoms with Gasteiger partial charge in [-0.2, -0.15) is 0 Å². The molecule has 3 rings (SSSR count). The van der Waals surface area contributed by atoms with Crippen LogP contribution in [0.15, 0.2) is 36.4 Å². The number of anilines is 1. The highest BCUT2D eigenvalue weighted by Crippen LogP contribution is 2.44. The average molecular weight is 419 g/mol. The van der Waals surface area contributed by atoms with Crippen LogP contribution in [-0.4, -0.2) is 37.8 Å². The van der Waals surface area contributed by atoms with Crippen molar-refractivity contribution in [1.82, 2.24) is 4.90 Å². The fourth-order valence-electron chi connectivity index (χ4n) is 3.87. The summed E-state index contributed by atoms with van der Waals surface area (Å²) in [7, 11) is 5.29. The summed E-state index contributed by atoms with van der Waals surface area (Å²) in [5.41, 5.74) is 3.65. The highest BCUT2D eigenvalue weighted by Gasteiger charge is 2.28. The first-order valence-corrected chi connectivity index (χ1v) is 10.2. The Hall–Kier alpha value is -1.98. The van der Waals surface area contributed by atoms with E-state index in [1.165, 1.54) is 11.1 Å². The van der Waals surface area contributed by atoms with E-state index in [0.29, 0.717) is 22.7 Å². The van der Waals surface area contributed by atoms with Gasteiger partial charge in [-0.15, -0.1) is 0 Å². The van der Waals surface area contributed by atoms with E-state index in [1.54, 1.807) is 14.2 Å². The van der Waals surface area contributed by atoms with E-state index in [4.69, 9.17) is 33.3 Å². The van der Waals surface area contributed by atoms with Crippen molar-refractivity contribution in [3.63, 3.8) is 0 Å². The van der Waals surface area contributed by atoms with Crippen molar-refractivity contribution in [2.24, 2.45) is 0 Å². The van der Waals surface area contributed by atoms with Crippen molar-refractivity contribution in [2.75, 3.05) is 33.1 Å². The van der Waals surface area contributed by atoms with Gasteiger partial charge < -0.3 is 19.7 Å². The zero-order valence-electron chi connectivity index (χ0n) is 16.8. The van der Waals surface area contributed by atoms with Gasteiger partial charge in [0.25, 0.3) is 0 Å². The molecule has 2 aromatic carbocycles. The number of nitrogens with one attached hydrogen (secondary N) is 1. The van der Waals surface area contributed by atoms with Gasteiger partial charge in [-0.1, -0.05) is 24.6 Å². The molecule has 0 heterocycles. The number of benzene rings is 2. The number of rotatable bonds is 6. The minimum absolute atomic E-state index is 0.518. The van der Waals surface area contributed by atoms with Crippen LogP contribution in [0.4, 0.5) is 5.69 Å². The second-order valence-electron chi connectivity index (χ2n) is 7.31. The molecule has 1 aliphatic carbocycles. The zero-order valence-corrected chi connectivity index (χ0v) is 18.4. The first-order chi connectivity index (χ1) is 13.4. The van der Waals surface area contributed by atoms with Gasteiger partial charge in [0.1, 0.15) is 11.5 Å². The molecule has 0 aliphatic heterocycles. The van der Waals surface area contributed by atoms with Crippen molar-refractivity contribution in [2.45, 2.75) is 31.6 Å². The molecule has 6 heteroatoms. The third kappa shape index (κ3) is 4.53. The molecule has 0 saturated carbocycles. The van der Waals surface area contributed by atoms with E-state index in [-0.39, 0.29) is 0 Å². The molecular formula is C22H27ClN2O2S. The number of halogens is 1. The Morgan fingerprint density at radius 2 is 1.96 bits per heavy atom. The van der Waals surface area contributed by atoms with Crippen LogP contribution in [0.2, 0.25) is 5.02 Å². The van der Waals surface area contributed by atoms with Gasteiger partial charge in [-0.25, -0.2) is 0 Å². The van der Waals surface area contributed by atoms with Crippen LogP contribution in [0.25, 0.3) is 0 Å². The Morgan fingerprint density at radius 1 is 1.18 bits per heavy atom. The van der Waals surface area contributed by atoms with Gasteiger partial charge in [0, 0.05) is 24.7 Å². The van der Waals surface area contributed by atoms with Crippen molar-refractivity contribution in [1.29, 1.82) is 0 Å². The first kappa shape index (κ1) is 20.7. The summed E-state index contributed by atoms with van der Waals surface area (Å²) in [6, 6.07) is 11.9. The second-order valence-corrected chi connectivity index (χ2v) is 8.14. The third-order valence-electron chi connectivity index (χ3n) is 5.47. The van der Waals surface area contributed by atoms with E-state index in [1.807, 2.05) is 31.3 Å². The molecule has 0 bridgehead atoms. The van der Waals surface area contributed by atoms with Crippen molar-refractivity contribution >= 4 is 34.6 Å². The molecule has 28 heavy (non-hydrogen) atoms. The molecule has 2 aromatic rings. The van der Waals surface area contributed by atoms with Crippen molar-refractivity contribution < 1.29 is 9.47 Å². The van der Waals surface area contributed by atoms with Crippen molar-refractivity contribution in [3.8, 4) is 11.5 Å². The molecule has 0 radical (unpaired) electrons. The van der Waals surface area contributed by atoms with E-state index in [2.05, 4.69) is 29.3 Å². The molecular weight excluding hydrogens is 392 g/mol. The largest absolute Gasteiger partial charge is 0.497 e. The van der Waals surface area contributed by atoms with Gasteiger partial charge >= 0.3 is 0 Å². The van der Waals surface area contributed by atoms with Crippen LogP contribution in [0.3, 0.4) is 0 Å². The predicted molar refractivity (Wildman–Crippen MR) is 120 cm³/mol. The Morgan fingerprint density at radius 3 is 2.68 bits per heavy atom. The lowest BCUT2D eigenvalue weighted by atomic mass is 9.97. The average Bonchev–Trinajstić information content (AvgIpc) is 3.01. The van der Waals surface area contributed by atoms with E-state index in [9.17, 15) is 0 Å². The molecule has 2 atom stereocenters. The summed E-state index contributed by atoms with van der Waals surface area (Å²) in [4.78, 5) is 2.08. The van der Waals surface area contributed by atoms with Crippen LogP contribution in [0.5, 0.6) is 11.5 Å². The molecule has 0 saturated heterocycles. The second kappa shape index (κ2) is 9.01. The van der Waals surface area contributed by atoms with E-state index >= 15 is 0 Å². The third-order valence-corrected chi connectivity index (χ3v) is 6.12. The molecule has 4 nitrogen and oxygen atoms in total. The molecule has 0 spiro atoms. The Labute approximate surface area is 177 Å². The van der Waals surface area contributed by atoms with Crippen LogP contribution in [-0.2, 0) is 0 Å². The standard InChI is InChI=1S/C22H27ClN2O2S/c1-14-11-15(19-12-16(23)5-7-18(14)19)9-10-25(2)22(28)24-20-8-6-17(26-3)13-21(20)27-4/h5-8,12-15H,9-11H2,1-4H3,(H,24,28)/t14-,15-/m1/s1. The Bertz CT molecular complexity index is 858. The number of hydrogen-bond acceptors (Lipinski definition) is 3. The maximum absolute atomic E-state index is 6.23. The Balaban J connectivity index is 1.61. The number of methoxy groups -OCH3 is 2. The number of nitrogens with zero attached hydrogens (tertiary/aromatic N) is 1. The Kier molecular flexibility index (Phi) is 6.68. The van der Waals surface area contributed by atoms with Gasteiger partial charge in [0.15, 0.2) is 5.11 Å². The lowest BCUT2D eigenvalue weighted by Crippen LogP contribution is -2.32. The topological polar surface area (TPSA) is 33.7 Å². The van der Waals surface area contributed by atoms with Crippen LogP contribution in [0.1, 0.15) is 42.7 Å². The summed E-state index contributed by atoms with van der Waals surface area (Å²) in [6.07, 6.45) is 2.20. The SMILES string of the molecule is COc1ccc(NC(=S)N(C)CC[C@@H]2C[C@@H](C)c3ccc(Cl)cc32)c(OC)c1. The fraction of sp³-hybridized carbons (Fsp3) is 0.409. The predicted octanol–water partition coefficient (Wildman–Crippen LogP) is 5.67. The monoisotopic (exact) mass is 418 g/mol. The number of fused-ring (bicyclic) bond motifs is 1. The maximum Gasteiger partial charge on any atom is 0.173 e. The van der Waals surface area contributed by atoms with Crippen LogP contribution in [0, 0.1) is 0 Å². The minimum atomic E-state index is 0.518. The smallest absolute Gasteiger partial charge is 0.173 e. The molecule has 1 N–H and O–H groups in total. The number of ether oxygens (including phenoxy) is 2. The highest BCUT2D eigenvalue weighted by molar-refractivity contribution is 7.80. The van der Waals surface area contributed by atoms with Gasteiger partial charge in [-0.3, -0.25) is 0 Å². The normalized spacial score (nSPS) is 17.8. The molecule has 0 aromatic heterocycles.